The minimum absolute atomic E-state index is 0.217. The summed E-state index contributed by atoms with van der Waals surface area (Å²) in [7, 11) is -3.64. The molecule has 0 spiro atoms. The van der Waals surface area contributed by atoms with E-state index < -0.39 is 15.6 Å². The second-order valence-corrected chi connectivity index (χ2v) is 8.89. The second-order valence-electron chi connectivity index (χ2n) is 7.18. The minimum Gasteiger partial charge on any atom is -0.384 e. The first-order valence-corrected chi connectivity index (χ1v) is 10.6. The van der Waals surface area contributed by atoms with Crippen LogP contribution in [0.15, 0.2) is 71.9 Å². The number of rotatable bonds is 8. The molecule has 0 fully saturated rings. The fraction of sp³-hybridized carbons (Fsp3) is 0.286. The molecule has 6 nitrogen and oxygen atoms in total. The quantitative estimate of drug-likeness (QED) is 0.541. The number of nitrogens with one attached hydrogen (secondary N) is 2. The predicted octanol–water partition coefficient (Wildman–Crippen LogP) is 2.40. The van der Waals surface area contributed by atoms with E-state index in [1.165, 1.54) is 0 Å². The summed E-state index contributed by atoms with van der Waals surface area (Å²) >= 11 is 0. The summed E-state index contributed by atoms with van der Waals surface area (Å²) in [5.41, 5.74) is -0.229. The number of aromatic nitrogens is 1. The van der Waals surface area contributed by atoms with E-state index >= 15 is 0 Å². The fourth-order valence-electron chi connectivity index (χ4n) is 3.03. The van der Waals surface area contributed by atoms with Crippen LogP contribution in [0.4, 0.5) is 0 Å². The fourth-order valence-corrected chi connectivity index (χ4v) is 4.31. The van der Waals surface area contributed by atoms with E-state index in [1.54, 1.807) is 50.5 Å². The zero-order valence-corrected chi connectivity index (χ0v) is 16.8. The van der Waals surface area contributed by atoms with Crippen LogP contribution in [-0.2, 0) is 15.6 Å². The van der Waals surface area contributed by atoms with E-state index in [0.29, 0.717) is 13.1 Å². The monoisotopic (exact) mass is 399 g/mol. The van der Waals surface area contributed by atoms with Crippen LogP contribution in [0.3, 0.4) is 0 Å². The van der Waals surface area contributed by atoms with Crippen molar-refractivity contribution in [2.45, 2.75) is 30.4 Å². The highest BCUT2D eigenvalue weighted by Gasteiger charge is 2.23. The maximum atomic E-state index is 12.7. The van der Waals surface area contributed by atoms with Crippen LogP contribution < -0.4 is 10.0 Å². The molecule has 2 unspecified atom stereocenters. The Bertz CT molecular complexity index is 1040. The van der Waals surface area contributed by atoms with Gasteiger partial charge < -0.3 is 10.4 Å². The zero-order valence-electron chi connectivity index (χ0n) is 16.0. The molecule has 0 saturated heterocycles. The van der Waals surface area contributed by atoms with Crippen LogP contribution in [0.5, 0.6) is 0 Å². The Morgan fingerprint density at radius 2 is 1.86 bits per heavy atom. The van der Waals surface area contributed by atoms with Crippen LogP contribution >= 0.6 is 0 Å². The Kier molecular flexibility index (Phi) is 6.10. The van der Waals surface area contributed by atoms with E-state index in [2.05, 4.69) is 15.0 Å². The summed E-state index contributed by atoms with van der Waals surface area (Å²) in [5, 5.41) is 15.5. The molecule has 0 aliphatic heterocycles. The van der Waals surface area contributed by atoms with Gasteiger partial charge >= 0.3 is 0 Å². The highest BCUT2D eigenvalue weighted by Crippen LogP contribution is 2.20. The van der Waals surface area contributed by atoms with Crippen molar-refractivity contribution in [1.29, 1.82) is 0 Å². The number of nitrogens with zero attached hydrogens (tertiary/aromatic N) is 1. The summed E-state index contributed by atoms with van der Waals surface area (Å²) in [4.78, 5) is 4.25. The summed E-state index contributed by atoms with van der Waals surface area (Å²) < 4.78 is 28.0. The highest BCUT2D eigenvalue weighted by molar-refractivity contribution is 7.89. The summed E-state index contributed by atoms with van der Waals surface area (Å²) in [5.74, 6) is 0. The van der Waals surface area contributed by atoms with Gasteiger partial charge in [0, 0.05) is 36.9 Å². The number of hydrogen-bond acceptors (Lipinski definition) is 5. The number of sulfonamides is 1. The molecule has 1 heterocycles. The normalized spacial score (nSPS) is 15.2. The molecule has 0 radical (unpaired) electrons. The molecule has 28 heavy (non-hydrogen) atoms. The smallest absolute Gasteiger partial charge is 0.240 e. The third kappa shape index (κ3) is 4.94. The Morgan fingerprint density at radius 3 is 2.61 bits per heavy atom. The number of pyridine rings is 1. The molecular formula is C21H25N3O3S. The van der Waals surface area contributed by atoms with Gasteiger partial charge in [-0.25, -0.2) is 13.1 Å². The maximum absolute atomic E-state index is 12.7. The SMILES string of the molecule is CC(CNCC(C)(O)c1ccccc1)NS(=O)(=O)c1ccc2cnccc2c1. The van der Waals surface area contributed by atoms with Gasteiger partial charge in [0.2, 0.25) is 10.0 Å². The molecule has 0 saturated carbocycles. The van der Waals surface area contributed by atoms with E-state index in [-0.39, 0.29) is 10.9 Å². The lowest BCUT2D eigenvalue weighted by Crippen LogP contribution is -2.44. The predicted molar refractivity (Wildman–Crippen MR) is 110 cm³/mol. The van der Waals surface area contributed by atoms with Crippen LogP contribution in [-0.4, -0.2) is 37.6 Å². The molecule has 0 aliphatic rings. The van der Waals surface area contributed by atoms with Crippen molar-refractivity contribution in [3.05, 3.63) is 72.6 Å². The number of hydrogen-bond donors (Lipinski definition) is 3. The lowest BCUT2D eigenvalue weighted by molar-refractivity contribution is 0.0568. The Labute approximate surface area is 165 Å². The standard InChI is InChI=1S/C21H25N3O3S/c1-16(13-23-15-21(2,25)19-6-4-3-5-7-19)24-28(26,27)20-9-8-18-14-22-11-10-17(18)12-20/h3-12,14,16,23-25H,13,15H2,1-2H3. The van der Waals surface area contributed by atoms with Gasteiger partial charge in [-0.1, -0.05) is 36.4 Å². The van der Waals surface area contributed by atoms with Gasteiger partial charge in [0.1, 0.15) is 0 Å². The Balaban J connectivity index is 1.59. The minimum atomic E-state index is -3.64. The summed E-state index contributed by atoms with van der Waals surface area (Å²) in [6, 6.07) is 15.8. The van der Waals surface area contributed by atoms with Crippen LogP contribution in [0.2, 0.25) is 0 Å². The molecule has 0 aliphatic carbocycles. The first kappa shape index (κ1) is 20.4. The van der Waals surface area contributed by atoms with Gasteiger partial charge in [0.15, 0.2) is 0 Å². The third-order valence-corrected chi connectivity index (χ3v) is 6.18. The molecular weight excluding hydrogens is 374 g/mol. The lowest BCUT2D eigenvalue weighted by Gasteiger charge is -2.25. The molecule has 2 aromatic carbocycles. The van der Waals surface area contributed by atoms with E-state index in [4.69, 9.17) is 0 Å². The Hall–Kier alpha value is -2.32. The average Bonchev–Trinajstić information content (AvgIpc) is 2.67. The molecule has 3 N–H and O–H groups in total. The third-order valence-electron chi connectivity index (χ3n) is 4.59. The molecule has 3 rings (SSSR count). The molecule has 2 atom stereocenters. The van der Waals surface area contributed by atoms with Crippen molar-refractivity contribution in [1.82, 2.24) is 15.0 Å². The molecule has 3 aromatic rings. The molecule has 0 bridgehead atoms. The topological polar surface area (TPSA) is 91.3 Å². The van der Waals surface area contributed by atoms with Crippen LogP contribution in [0, 0.1) is 0 Å². The van der Waals surface area contributed by atoms with Crippen molar-refractivity contribution >= 4 is 20.8 Å². The average molecular weight is 400 g/mol. The van der Waals surface area contributed by atoms with Crippen LogP contribution in [0.25, 0.3) is 10.8 Å². The van der Waals surface area contributed by atoms with Crippen molar-refractivity contribution in [2.24, 2.45) is 0 Å². The van der Waals surface area contributed by atoms with Crippen molar-refractivity contribution in [2.75, 3.05) is 13.1 Å². The largest absolute Gasteiger partial charge is 0.384 e. The van der Waals surface area contributed by atoms with Gasteiger partial charge in [-0.2, -0.15) is 0 Å². The number of benzene rings is 2. The van der Waals surface area contributed by atoms with Crippen molar-refractivity contribution in [3.63, 3.8) is 0 Å². The van der Waals surface area contributed by atoms with Crippen LogP contribution in [0.1, 0.15) is 19.4 Å². The zero-order chi connectivity index (χ0) is 20.2. The highest BCUT2D eigenvalue weighted by atomic mass is 32.2. The van der Waals surface area contributed by atoms with E-state index in [0.717, 1.165) is 16.3 Å². The first-order valence-electron chi connectivity index (χ1n) is 9.13. The van der Waals surface area contributed by atoms with Gasteiger partial charge in [0.25, 0.3) is 0 Å². The second kappa shape index (κ2) is 8.36. The van der Waals surface area contributed by atoms with Gasteiger partial charge in [-0.15, -0.1) is 0 Å². The van der Waals surface area contributed by atoms with Gasteiger partial charge in [0.05, 0.1) is 10.5 Å². The summed E-state index contributed by atoms with van der Waals surface area (Å²) in [6.07, 6.45) is 3.33. The van der Waals surface area contributed by atoms with E-state index in [1.807, 2.05) is 30.3 Å². The molecule has 7 heteroatoms. The summed E-state index contributed by atoms with van der Waals surface area (Å²) in [6.45, 7) is 4.21. The number of aliphatic hydroxyl groups is 1. The van der Waals surface area contributed by atoms with Gasteiger partial charge in [-0.05, 0) is 43.0 Å². The first-order chi connectivity index (χ1) is 13.3. The number of fused-ring (bicyclic) bond motifs is 1. The van der Waals surface area contributed by atoms with Gasteiger partial charge in [-0.3, -0.25) is 4.98 Å². The molecule has 148 valence electrons. The van der Waals surface area contributed by atoms with Crippen molar-refractivity contribution in [3.8, 4) is 0 Å². The molecule has 1 aromatic heterocycles. The van der Waals surface area contributed by atoms with Crippen molar-refractivity contribution < 1.29 is 13.5 Å². The lowest BCUT2D eigenvalue weighted by atomic mass is 9.96. The Morgan fingerprint density at radius 1 is 1.11 bits per heavy atom. The molecule has 0 amide bonds. The van der Waals surface area contributed by atoms with E-state index in [9.17, 15) is 13.5 Å². The maximum Gasteiger partial charge on any atom is 0.240 e.